The Labute approximate surface area is 173 Å². The fourth-order valence-corrected chi connectivity index (χ4v) is 2.84. The molecule has 1 unspecified atom stereocenters. The zero-order valence-corrected chi connectivity index (χ0v) is 16.7. The number of amides is 2. The summed E-state index contributed by atoms with van der Waals surface area (Å²) in [7, 11) is 0. The number of nitrogens with one attached hydrogen (secondary N) is 2. The van der Waals surface area contributed by atoms with E-state index in [-0.39, 0.29) is 31.8 Å². The number of alkyl halides is 3. The zero-order valence-electron chi connectivity index (χ0n) is 16.7. The van der Waals surface area contributed by atoms with E-state index in [9.17, 15) is 22.8 Å². The Morgan fingerprint density at radius 1 is 1.07 bits per heavy atom. The van der Waals surface area contributed by atoms with Gasteiger partial charge in [0.25, 0.3) is 0 Å². The molecule has 0 radical (unpaired) electrons. The van der Waals surface area contributed by atoms with Crippen molar-refractivity contribution >= 4 is 11.8 Å². The average Bonchev–Trinajstić information content (AvgIpc) is 2.68. The predicted octanol–water partition coefficient (Wildman–Crippen LogP) is 3.27. The predicted molar refractivity (Wildman–Crippen MR) is 105 cm³/mol. The van der Waals surface area contributed by atoms with E-state index in [1.54, 1.807) is 29.6 Å². The van der Waals surface area contributed by atoms with Crippen molar-refractivity contribution in [2.45, 2.75) is 50.9 Å². The van der Waals surface area contributed by atoms with Gasteiger partial charge in [0.1, 0.15) is 19.0 Å². The molecule has 2 amide bonds. The van der Waals surface area contributed by atoms with Gasteiger partial charge >= 0.3 is 12.1 Å². The maximum atomic E-state index is 12.1. The van der Waals surface area contributed by atoms with Crippen LogP contribution in [0.15, 0.2) is 36.4 Å². The van der Waals surface area contributed by atoms with E-state index >= 15 is 0 Å². The van der Waals surface area contributed by atoms with E-state index in [0.717, 1.165) is 24.8 Å². The minimum absolute atomic E-state index is 0.000152. The molecule has 9 heteroatoms. The highest BCUT2D eigenvalue weighted by molar-refractivity contribution is 5.81. The van der Waals surface area contributed by atoms with Gasteiger partial charge in [0.05, 0.1) is 12.6 Å². The van der Waals surface area contributed by atoms with Crippen LogP contribution in [0, 0.1) is 0 Å². The van der Waals surface area contributed by atoms with Crippen LogP contribution in [0.2, 0.25) is 0 Å². The summed E-state index contributed by atoms with van der Waals surface area (Å²) in [5, 5.41) is 4.51. The fraction of sp³-hybridized carbons (Fsp3) is 0.524. The van der Waals surface area contributed by atoms with Crippen molar-refractivity contribution in [3.05, 3.63) is 42.0 Å². The Balaban J connectivity index is 1.63. The molecule has 1 atom stereocenters. The first-order chi connectivity index (χ1) is 14.3. The lowest BCUT2D eigenvalue weighted by molar-refractivity contribution is -0.173. The van der Waals surface area contributed by atoms with Crippen LogP contribution in [0.5, 0.6) is 5.75 Å². The lowest BCUT2D eigenvalue weighted by atomic mass is 10.0. The van der Waals surface area contributed by atoms with Crippen LogP contribution < -0.4 is 15.4 Å². The number of rotatable bonds is 9. The lowest BCUT2D eigenvalue weighted by Crippen LogP contribution is -2.38. The molecule has 2 N–H and O–H groups in total. The molecule has 166 valence electrons. The first kappa shape index (κ1) is 23.7. The van der Waals surface area contributed by atoms with Crippen molar-refractivity contribution < 1.29 is 32.2 Å². The molecule has 6 nitrogen and oxygen atoms in total. The standard InChI is InChI=1S/C21H27F3N2O4/c22-21(23,24)20(28)25-12-13-29-18-10-8-16(9-11-18)14-26-19(27)15-30-17-6-4-2-1-3-5-7-17/h4,6,8-11,17H,1-3,5,7,12-15H2,(H,25,28)(H,26,27)/b6-4-. The van der Waals surface area contributed by atoms with Crippen LogP contribution >= 0.6 is 0 Å². The minimum atomic E-state index is -4.90. The van der Waals surface area contributed by atoms with E-state index in [1.165, 1.54) is 12.8 Å². The van der Waals surface area contributed by atoms with Crippen molar-refractivity contribution in [2.75, 3.05) is 19.8 Å². The number of hydrogen-bond donors (Lipinski definition) is 2. The summed E-state index contributed by atoms with van der Waals surface area (Å²) in [6.45, 7) is -0.0261. The SMILES string of the molecule is O=C(COC1/C=C\CCCCC1)NCc1ccc(OCCNC(=O)C(F)(F)F)cc1. The molecule has 0 saturated heterocycles. The normalized spacial score (nSPS) is 18.0. The average molecular weight is 428 g/mol. The smallest absolute Gasteiger partial charge is 0.471 e. The summed E-state index contributed by atoms with van der Waals surface area (Å²) in [4.78, 5) is 22.7. The lowest BCUT2D eigenvalue weighted by Gasteiger charge is -2.16. The molecule has 0 spiro atoms. The third-order valence-corrected chi connectivity index (χ3v) is 4.47. The van der Waals surface area contributed by atoms with Gasteiger partial charge < -0.3 is 20.1 Å². The molecule has 2 rings (SSSR count). The Morgan fingerprint density at radius 2 is 1.83 bits per heavy atom. The van der Waals surface area contributed by atoms with Gasteiger partial charge in [0.2, 0.25) is 5.91 Å². The molecule has 0 fully saturated rings. The first-order valence-corrected chi connectivity index (χ1v) is 9.96. The van der Waals surface area contributed by atoms with Crippen LogP contribution in [0.25, 0.3) is 0 Å². The van der Waals surface area contributed by atoms with Crippen molar-refractivity contribution in [1.82, 2.24) is 10.6 Å². The summed E-state index contributed by atoms with van der Waals surface area (Å²) in [6, 6.07) is 6.76. The third kappa shape index (κ3) is 9.30. The van der Waals surface area contributed by atoms with Crippen LogP contribution in [0.3, 0.4) is 0 Å². The molecule has 0 saturated carbocycles. The summed E-state index contributed by atoms with van der Waals surface area (Å²) < 4.78 is 47.1. The van der Waals surface area contributed by atoms with Crippen LogP contribution in [-0.4, -0.2) is 43.9 Å². The van der Waals surface area contributed by atoms with Crippen molar-refractivity contribution in [3.8, 4) is 5.75 Å². The second-order valence-electron chi connectivity index (χ2n) is 6.94. The molecule has 1 aromatic rings. The maximum absolute atomic E-state index is 12.1. The van der Waals surface area contributed by atoms with Crippen molar-refractivity contribution in [2.24, 2.45) is 0 Å². The van der Waals surface area contributed by atoms with Crippen LogP contribution in [0.1, 0.15) is 37.7 Å². The zero-order chi connectivity index (χ0) is 21.8. The minimum Gasteiger partial charge on any atom is -0.492 e. The molecule has 0 aromatic heterocycles. The highest BCUT2D eigenvalue weighted by Gasteiger charge is 2.38. The van der Waals surface area contributed by atoms with Gasteiger partial charge in [-0.15, -0.1) is 0 Å². The Bertz CT molecular complexity index is 705. The van der Waals surface area contributed by atoms with E-state index in [1.807, 2.05) is 6.08 Å². The largest absolute Gasteiger partial charge is 0.492 e. The number of benzene rings is 1. The Hall–Kier alpha value is -2.55. The topological polar surface area (TPSA) is 76.7 Å². The number of carbonyl (C=O) groups excluding carboxylic acids is 2. The third-order valence-electron chi connectivity index (χ3n) is 4.47. The second kappa shape index (κ2) is 12.2. The summed E-state index contributed by atoms with van der Waals surface area (Å²) >= 11 is 0. The summed E-state index contributed by atoms with van der Waals surface area (Å²) in [6.07, 6.45) is 4.66. The summed E-state index contributed by atoms with van der Waals surface area (Å²) in [5.41, 5.74) is 0.840. The van der Waals surface area contributed by atoms with Crippen LogP contribution in [0.4, 0.5) is 13.2 Å². The quantitative estimate of drug-likeness (QED) is 0.468. The molecule has 1 aliphatic rings. The fourth-order valence-electron chi connectivity index (χ4n) is 2.84. The van der Waals surface area contributed by atoms with Crippen molar-refractivity contribution in [3.63, 3.8) is 0 Å². The molecule has 0 bridgehead atoms. The van der Waals surface area contributed by atoms with Gasteiger partial charge in [-0.05, 0) is 37.0 Å². The number of allylic oxidation sites excluding steroid dienone is 1. The number of halogens is 3. The highest BCUT2D eigenvalue weighted by Crippen LogP contribution is 2.15. The van der Waals surface area contributed by atoms with Gasteiger partial charge in [-0.1, -0.05) is 37.1 Å². The van der Waals surface area contributed by atoms with E-state index in [2.05, 4.69) is 11.4 Å². The molecule has 1 aliphatic carbocycles. The molecule has 0 heterocycles. The van der Waals surface area contributed by atoms with Gasteiger partial charge in [-0.25, -0.2) is 0 Å². The number of ether oxygens (including phenoxy) is 2. The van der Waals surface area contributed by atoms with E-state index < -0.39 is 12.1 Å². The van der Waals surface area contributed by atoms with Gasteiger partial charge in [-0.2, -0.15) is 13.2 Å². The monoisotopic (exact) mass is 428 g/mol. The first-order valence-electron chi connectivity index (χ1n) is 9.96. The number of hydrogen-bond acceptors (Lipinski definition) is 4. The van der Waals surface area contributed by atoms with Crippen LogP contribution in [-0.2, 0) is 20.9 Å². The van der Waals surface area contributed by atoms with E-state index in [4.69, 9.17) is 9.47 Å². The summed E-state index contributed by atoms with van der Waals surface area (Å²) in [5.74, 6) is -1.75. The molecular weight excluding hydrogens is 401 g/mol. The van der Waals surface area contributed by atoms with Crippen molar-refractivity contribution in [1.29, 1.82) is 0 Å². The Kier molecular flexibility index (Phi) is 9.66. The highest BCUT2D eigenvalue weighted by atomic mass is 19.4. The van der Waals surface area contributed by atoms with E-state index in [0.29, 0.717) is 12.3 Å². The molecular formula is C21H27F3N2O4. The number of carbonyl (C=O) groups is 2. The second-order valence-corrected chi connectivity index (χ2v) is 6.94. The maximum Gasteiger partial charge on any atom is 0.471 e. The van der Waals surface area contributed by atoms with Gasteiger partial charge in [-0.3, -0.25) is 9.59 Å². The van der Waals surface area contributed by atoms with Gasteiger partial charge in [0.15, 0.2) is 0 Å². The molecule has 0 aliphatic heterocycles. The van der Waals surface area contributed by atoms with Gasteiger partial charge in [0, 0.05) is 6.54 Å². The Morgan fingerprint density at radius 3 is 2.57 bits per heavy atom. The molecule has 30 heavy (non-hydrogen) atoms. The molecule has 1 aromatic carbocycles.